The average Bonchev–Trinajstić information content (AvgIpc) is 1.87. The molecule has 0 aliphatic heterocycles. The van der Waals surface area contributed by atoms with E-state index in [1.165, 1.54) is 0 Å². The van der Waals surface area contributed by atoms with Gasteiger partial charge in [-0.2, -0.15) is 0 Å². The van der Waals surface area contributed by atoms with Gasteiger partial charge in [0.25, 0.3) is 0 Å². The lowest BCUT2D eigenvalue weighted by Gasteiger charge is -2.07. The Morgan fingerprint density at radius 1 is 1.67 bits per heavy atom. The van der Waals surface area contributed by atoms with Crippen LogP contribution in [0.2, 0.25) is 0 Å². The van der Waals surface area contributed by atoms with Gasteiger partial charge in [0.05, 0.1) is 5.84 Å². The maximum Gasteiger partial charge on any atom is 0.0931 e. The molecule has 2 heteroatoms. The predicted molar refractivity (Wildman–Crippen MR) is 40.9 cm³/mol. The van der Waals surface area contributed by atoms with E-state index >= 15 is 0 Å². The van der Waals surface area contributed by atoms with E-state index in [2.05, 4.69) is 19.2 Å². The van der Waals surface area contributed by atoms with Crippen LogP contribution in [0, 0.1) is 11.3 Å². The minimum atomic E-state index is 0.643. The lowest BCUT2D eigenvalue weighted by molar-refractivity contribution is 0.579. The van der Waals surface area contributed by atoms with E-state index in [1.807, 2.05) is 0 Å². The fraction of sp³-hybridized carbons (Fsp3) is 0.857. The number of amidine groups is 1. The zero-order valence-electron chi connectivity index (χ0n) is 6.49. The molecule has 1 atom stereocenters. The summed E-state index contributed by atoms with van der Waals surface area (Å²) in [7, 11) is 1.80. The first-order valence-corrected chi connectivity index (χ1v) is 3.45. The Hall–Kier alpha value is -0.530. The van der Waals surface area contributed by atoms with Crippen LogP contribution in [0.15, 0.2) is 0 Å². The van der Waals surface area contributed by atoms with Gasteiger partial charge >= 0.3 is 0 Å². The minimum Gasteiger partial charge on any atom is -0.377 e. The normalized spacial score (nSPS) is 12.8. The first-order valence-electron chi connectivity index (χ1n) is 3.45. The van der Waals surface area contributed by atoms with E-state index in [0.29, 0.717) is 11.8 Å². The predicted octanol–water partition coefficient (Wildman–Crippen LogP) is 1.62. The summed E-state index contributed by atoms with van der Waals surface area (Å²) in [6, 6.07) is 0. The van der Waals surface area contributed by atoms with E-state index in [1.54, 1.807) is 7.05 Å². The summed E-state index contributed by atoms with van der Waals surface area (Å²) < 4.78 is 0. The molecule has 0 aliphatic carbocycles. The highest BCUT2D eigenvalue weighted by Gasteiger charge is 2.00. The van der Waals surface area contributed by atoms with Crippen molar-refractivity contribution in [1.29, 1.82) is 5.41 Å². The smallest absolute Gasteiger partial charge is 0.0931 e. The Kier molecular flexibility index (Phi) is 4.10. The van der Waals surface area contributed by atoms with Crippen LogP contribution in [0.5, 0.6) is 0 Å². The third kappa shape index (κ3) is 4.01. The van der Waals surface area contributed by atoms with Crippen molar-refractivity contribution in [2.45, 2.75) is 26.7 Å². The van der Waals surface area contributed by atoms with Crippen LogP contribution in [0.1, 0.15) is 26.7 Å². The first kappa shape index (κ1) is 8.47. The van der Waals surface area contributed by atoms with Crippen molar-refractivity contribution in [1.82, 2.24) is 5.32 Å². The van der Waals surface area contributed by atoms with E-state index in [-0.39, 0.29) is 0 Å². The van der Waals surface area contributed by atoms with Crippen molar-refractivity contribution in [3.05, 3.63) is 0 Å². The lowest BCUT2D eigenvalue weighted by Crippen LogP contribution is -2.19. The van der Waals surface area contributed by atoms with Gasteiger partial charge < -0.3 is 5.32 Å². The summed E-state index contributed by atoms with van der Waals surface area (Å²) in [6.45, 7) is 4.31. The van der Waals surface area contributed by atoms with E-state index in [9.17, 15) is 0 Å². The standard InChI is InChI=1S/C7H16N2/c1-4-6(2)5-7(8)9-3/h6H,4-5H2,1-3H3,(H2,8,9). The number of nitrogens with one attached hydrogen (secondary N) is 2. The zero-order chi connectivity index (χ0) is 7.28. The Morgan fingerprint density at radius 3 is 2.56 bits per heavy atom. The Morgan fingerprint density at radius 2 is 2.22 bits per heavy atom. The second-order valence-corrected chi connectivity index (χ2v) is 2.45. The van der Waals surface area contributed by atoms with Gasteiger partial charge in [-0.1, -0.05) is 20.3 Å². The molecule has 0 aromatic rings. The molecule has 0 saturated carbocycles. The lowest BCUT2D eigenvalue weighted by atomic mass is 10.1. The zero-order valence-corrected chi connectivity index (χ0v) is 6.49. The van der Waals surface area contributed by atoms with Crippen molar-refractivity contribution < 1.29 is 0 Å². The van der Waals surface area contributed by atoms with Crippen LogP contribution in [-0.4, -0.2) is 12.9 Å². The van der Waals surface area contributed by atoms with Crippen molar-refractivity contribution in [3.8, 4) is 0 Å². The average molecular weight is 128 g/mol. The molecule has 0 bridgehead atoms. The number of rotatable bonds is 3. The van der Waals surface area contributed by atoms with Crippen LogP contribution in [0.4, 0.5) is 0 Å². The molecule has 9 heavy (non-hydrogen) atoms. The molecule has 0 rings (SSSR count). The summed E-state index contributed by atoms with van der Waals surface area (Å²) in [4.78, 5) is 0. The fourth-order valence-corrected chi connectivity index (χ4v) is 0.595. The van der Waals surface area contributed by atoms with Gasteiger partial charge in [-0.05, 0) is 5.92 Å². The summed E-state index contributed by atoms with van der Waals surface area (Å²) in [6.07, 6.45) is 2.04. The SMILES string of the molecule is CCC(C)CC(=N)NC. The van der Waals surface area contributed by atoms with Gasteiger partial charge in [0, 0.05) is 13.5 Å². The van der Waals surface area contributed by atoms with E-state index in [4.69, 9.17) is 5.41 Å². The molecule has 0 amide bonds. The molecule has 0 aromatic carbocycles. The van der Waals surface area contributed by atoms with Gasteiger partial charge in [0.15, 0.2) is 0 Å². The second-order valence-electron chi connectivity index (χ2n) is 2.45. The van der Waals surface area contributed by atoms with Crippen LogP contribution >= 0.6 is 0 Å². The summed E-state index contributed by atoms with van der Waals surface area (Å²) in [5.41, 5.74) is 0. The van der Waals surface area contributed by atoms with Crippen LogP contribution in [0.25, 0.3) is 0 Å². The molecule has 0 radical (unpaired) electrons. The number of hydrogen-bond donors (Lipinski definition) is 2. The van der Waals surface area contributed by atoms with E-state index < -0.39 is 0 Å². The molecule has 0 heterocycles. The molecule has 2 N–H and O–H groups in total. The van der Waals surface area contributed by atoms with Crippen molar-refractivity contribution >= 4 is 5.84 Å². The van der Waals surface area contributed by atoms with E-state index in [0.717, 1.165) is 12.8 Å². The quantitative estimate of drug-likeness (QED) is 0.439. The molecule has 0 spiro atoms. The molecule has 54 valence electrons. The molecule has 0 aromatic heterocycles. The second kappa shape index (κ2) is 4.36. The highest BCUT2D eigenvalue weighted by molar-refractivity contribution is 5.78. The van der Waals surface area contributed by atoms with Crippen LogP contribution in [-0.2, 0) is 0 Å². The van der Waals surface area contributed by atoms with Crippen LogP contribution in [0.3, 0.4) is 0 Å². The fourth-order valence-electron chi connectivity index (χ4n) is 0.595. The molecule has 1 unspecified atom stereocenters. The molecule has 0 fully saturated rings. The van der Waals surface area contributed by atoms with Gasteiger partial charge in [-0.15, -0.1) is 0 Å². The topological polar surface area (TPSA) is 35.9 Å². The van der Waals surface area contributed by atoms with Gasteiger partial charge in [0.1, 0.15) is 0 Å². The Labute approximate surface area is 57.2 Å². The molecular weight excluding hydrogens is 112 g/mol. The third-order valence-corrected chi connectivity index (χ3v) is 1.55. The summed E-state index contributed by atoms with van der Waals surface area (Å²) >= 11 is 0. The largest absolute Gasteiger partial charge is 0.377 e. The first-order chi connectivity index (χ1) is 4.20. The van der Waals surface area contributed by atoms with Crippen LogP contribution < -0.4 is 5.32 Å². The maximum absolute atomic E-state index is 7.26. The molecular formula is C7H16N2. The summed E-state index contributed by atoms with van der Waals surface area (Å²) in [5, 5.41) is 10.1. The van der Waals surface area contributed by atoms with Gasteiger partial charge in [-0.25, -0.2) is 0 Å². The Bertz CT molecular complexity index is 88.9. The van der Waals surface area contributed by atoms with Crippen molar-refractivity contribution in [2.75, 3.05) is 7.05 Å². The molecule has 0 aliphatic rings. The van der Waals surface area contributed by atoms with Crippen molar-refractivity contribution in [2.24, 2.45) is 5.92 Å². The Balaban J connectivity index is 3.34. The summed E-state index contributed by atoms with van der Waals surface area (Å²) in [5.74, 6) is 1.29. The monoisotopic (exact) mass is 128 g/mol. The highest BCUT2D eigenvalue weighted by Crippen LogP contribution is 2.04. The molecule has 0 saturated heterocycles. The minimum absolute atomic E-state index is 0.643. The van der Waals surface area contributed by atoms with Gasteiger partial charge in [-0.3, -0.25) is 5.41 Å². The highest BCUT2D eigenvalue weighted by atomic mass is 14.9. The van der Waals surface area contributed by atoms with Gasteiger partial charge in [0.2, 0.25) is 0 Å². The van der Waals surface area contributed by atoms with Crippen molar-refractivity contribution in [3.63, 3.8) is 0 Å². The number of hydrogen-bond acceptors (Lipinski definition) is 1. The third-order valence-electron chi connectivity index (χ3n) is 1.55. The molecule has 2 nitrogen and oxygen atoms in total. The maximum atomic E-state index is 7.26.